The van der Waals surface area contributed by atoms with Gasteiger partial charge in [0.15, 0.2) is 22.9 Å². The van der Waals surface area contributed by atoms with Gasteiger partial charge >= 0.3 is 11.9 Å². The number of aliphatic carboxylic acids is 1. The van der Waals surface area contributed by atoms with Gasteiger partial charge in [-0.2, -0.15) is 0 Å². The first-order valence-electron chi connectivity index (χ1n) is 11.3. The molecule has 0 spiro atoms. The van der Waals surface area contributed by atoms with Gasteiger partial charge in [0.25, 0.3) is 5.56 Å². The summed E-state index contributed by atoms with van der Waals surface area (Å²) in [5.74, 6) is -1.48. The minimum Gasteiger partial charge on any atom is -0.493 e. The number of ether oxygens (including phenoxy) is 3. The molecule has 1 aliphatic heterocycles. The SMILES string of the molecule is CCOC(=O)C1=C(C)N=c2s/c(=C\c3cc(Cl)c(OCC(=O)O)c(OC)c3)c(=O)n2[C@@H]1c1ccccc1Cl. The monoisotopic (exact) mass is 576 g/mol. The predicted octanol–water partition coefficient (Wildman–Crippen LogP) is 3.58. The fraction of sp³-hybridized carbons (Fsp3) is 0.231. The molecule has 0 bridgehead atoms. The van der Waals surface area contributed by atoms with Gasteiger partial charge in [-0.05, 0) is 49.2 Å². The Balaban J connectivity index is 1.90. The number of carboxylic acid groups (broad SMARTS) is 1. The van der Waals surface area contributed by atoms with Crippen LogP contribution in [0.1, 0.15) is 31.0 Å². The number of fused-ring (bicyclic) bond motifs is 1. The number of allylic oxidation sites excluding steroid dienone is 1. The standard InChI is InChI=1S/C26H22Cl2N2O7S/c1-4-36-25(34)21-13(2)29-26-30(22(21)15-7-5-6-8-16(15)27)24(33)19(38-26)11-14-9-17(28)23(18(10-14)35-3)37-12-20(31)32/h5-11,22H,4,12H2,1-3H3,(H,31,32)/b19-11-/t22-/m1/s1. The van der Waals surface area contributed by atoms with E-state index in [1.165, 1.54) is 17.7 Å². The molecule has 38 heavy (non-hydrogen) atoms. The van der Waals surface area contributed by atoms with Crippen LogP contribution in [0.15, 0.2) is 57.5 Å². The number of methoxy groups -OCH3 is 1. The highest BCUT2D eigenvalue weighted by Crippen LogP contribution is 2.37. The Hall–Kier alpha value is -3.60. The van der Waals surface area contributed by atoms with Crippen molar-refractivity contribution >= 4 is 52.6 Å². The average Bonchev–Trinajstić information content (AvgIpc) is 3.16. The molecule has 0 radical (unpaired) electrons. The van der Waals surface area contributed by atoms with Crippen molar-refractivity contribution in [1.82, 2.24) is 4.57 Å². The van der Waals surface area contributed by atoms with E-state index < -0.39 is 30.1 Å². The second-order valence-corrected chi connectivity index (χ2v) is 9.86. The Morgan fingerprint density at radius 3 is 2.61 bits per heavy atom. The number of carbonyl (C=O) groups excluding carboxylic acids is 1. The van der Waals surface area contributed by atoms with E-state index in [-0.39, 0.29) is 28.7 Å². The summed E-state index contributed by atoms with van der Waals surface area (Å²) in [4.78, 5) is 42.5. The summed E-state index contributed by atoms with van der Waals surface area (Å²) in [6.45, 7) is 2.95. The maximum absolute atomic E-state index is 13.7. The maximum Gasteiger partial charge on any atom is 0.341 e. The number of hydrogen-bond donors (Lipinski definition) is 1. The van der Waals surface area contributed by atoms with Crippen LogP contribution >= 0.6 is 34.5 Å². The highest BCUT2D eigenvalue weighted by Gasteiger charge is 2.34. The van der Waals surface area contributed by atoms with E-state index in [4.69, 9.17) is 42.5 Å². The highest BCUT2D eigenvalue weighted by molar-refractivity contribution is 7.07. The van der Waals surface area contributed by atoms with Gasteiger partial charge in [0.05, 0.1) is 34.5 Å². The zero-order valence-corrected chi connectivity index (χ0v) is 22.8. The molecule has 0 saturated carbocycles. The van der Waals surface area contributed by atoms with Crippen molar-refractivity contribution < 1.29 is 28.9 Å². The highest BCUT2D eigenvalue weighted by atomic mass is 35.5. The molecule has 2 aromatic carbocycles. The molecule has 0 unspecified atom stereocenters. The van der Waals surface area contributed by atoms with Crippen LogP contribution in [-0.4, -0.2) is 41.9 Å². The number of carboxylic acids is 1. The van der Waals surface area contributed by atoms with Crippen molar-refractivity contribution in [1.29, 1.82) is 0 Å². The van der Waals surface area contributed by atoms with Crippen LogP contribution in [0.3, 0.4) is 0 Å². The summed E-state index contributed by atoms with van der Waals surface area (Å²) in [6.07, 6.45) is 1.60. The Labute approximate surface area is 230 Å². The largest absolute Gasteiger partial charge is 0.493 e. The Kier molecular flexibility index (Phi) is 8.25. The van der Waals surface area contributed by atoms with E-state index in [2.05, 4.69) is 4.99 Å². The molecule has 0 aliphatic carbocycles. The van der Waals surface area contributed by atoms with Crippen molar-refractivity contribution in [3.63, 3.8) is 0 Å². The molecule has 12 heteroatoms. The van der Waals surface area contributed by atoms with Crippen LogP contribution in [0.25, 0.3) is 6.08 Å². The number of rotatable bonds is 8. The van der Waals surface area contributed by atoms with Crippen LogP contribution < -0.4 is 24.4 Å². The molecule has 2 heterocycles. The number of esters is 1. The van der Waals surface area contributed by atoms with Crippen molar-refractivity contribution in [3.8, 4) is 11.5 Å². The van der Waals surface area contributed by atoms with Gasteiger partial charge in [-0.1, -0.05) is 52.7 Å². The van der Waals surface area contributed by atoms with Crippen LogP contribution in [0.5, 0.6) is 11.5 Å². The van der Waals surface area contributed by atoms with E-state index in [1.807, 2.05) is 0 Å². The molecule has 1 N–H and O–H groups in total. The van der Waals surface area contributed by atoms with Gasteiger partial charge in [0, 0.05) is 5.02 Å². The number of benzene rings is 2. The fourth-order valence-corrected chi connectivity index (χ4v) is 5.59. The Morgan fingerprint density at radius 2 is 1.95 bits per heavy atom. The van der Waals surface area contributed by atoms with E-state index in [0.717, 1.165) is 11.3 Å². The minimum absolute atomic E-state index is 0.0728. The van der Waals surface area contributed by atoms with Gasteiger partial charge in [-0.15, -0.1) is 0 Å². The first kappa shape index (κ1) is 27.4. The lowest BCUT2D eigenvalue weighted by molar-refractivity contribution is -0.140. The lowest BCUT2D eigenvalue weighted by atomic mass is 9.96. The van der Waals surface area contributed by atoms with Crippen molar-refractivity contribution in [2.45, 2.75) is 19.9 Å². The number of carbonyl (C=O) groups is 2. The second-order valence-electron chi connectivity index (χ2n) is 8.04. The normalized spacial score (nSPS) is 15.1. The van der Waals surface area contributed by atoms with Crippen LogP contribution in [-0.2, 0) is 14.3 Å². The van der Waals surface area contributed by atoms with Crippen LogP contribution in [0, 0.1) is 0 Å². The molecule has 0 amide bonds. The summed E-state index contributed by atoms with van der Waals surface area (Å²) >= 11 is 14.0. The summed E-state index contributed by atoms with van der Waals surface area (Å²) < 4.78 is 17.6. The van der Waals surface area contributed by atoms with Gasteiger partial charge in [0.2, 0.25) is 0 Å². The number of nitrogens with zero attached hydrogens (tertiary/aromatic N) is 2. The van der Waals surface area contributed by atoms with Crippen molar-refractivity contribution in [2.75, 3.05) is 20.3 Å². The Morgan fingerprint density at radius 1 is 1.21 bits per heavy atom. The molecule has 198 valence electrons. The summed E-state index contributed by atoms with van der Waals surface area (Å²) in [7, 11) is 1.39. The maximum atomic E-state index is 13.7. The third kappa shape index (κ3) is 5.33. The van der Waals surface area contributed by atoms with Crippen LogP contribution in [0.4, 0.5) is 0 Å². The van der Waals surface area contributed by atoms with Crippen molar-refractivity contribution in [3.05, 3.63) is 88.5 Å². The van der Waals surface area contributed by atoms with Crippen molar-refractivity contribution in [2.24, 2.45) is 4.99 Å². The summed E-state index contributed by atoms with van der Waals surface area (Å²) in [5, 5.41) is 9.41. The molecule has 9 nitrogen and oxygen atoms in total. The van der Waals surface area contributed by atoms with E-state index >= 15 is 0 Å². The molecule has 0 saturated heterocycles. The minimum atomic E-state index is -1.17. The number of aromatic nitrogens is 1. The fourth-order valence-electron chi connectivity index (χ4n) is 4.03. The third-order valence-corrected chi connectivity index (χ3v) is 7.21. The van der Waals surface area contributed by atoms with Gasteiger partial charge in [0.1, 0.15) is 6.04 Å². The zero-order valence-electron chi connectivity index (χ0n) is 20.5. The first-order chi connectivity index (χ1) is 18.2. The second kappa shape index (κ2) is 11.4. The molecule has 1 atom stereocenters. The molecular weight excluding hydrogens is 555 g/mol. The third-order valence-electron chi connectivity index (χ3n) is 5.61. The molecular formula is C26H22Cl2N2O7S. The van der Waals surface area contributed by atoms with E-state index in [0.29, 0.717) is 31.2 Å². The molecule has 4 rings (SSSR count). The number of halogens is 2. The molecule has 3 aromatic rings. The molecule has 1 aromatic heterocycles. The Bertz CT molecular complexity index is 1640. The van der Waals surface area contributed by atoms with E-state index in [9.17, 15) is 14.4 Å². The quantitative estimate of drug-likeness (QED) is 0.407. The summed E-state index contributed by atoms with van der Waals surface area (Å²) in [5.41, 5.74) is 1.32. The molecule has 1 aliphatic rings. The lowest BCUT2D eigenvalue weighted by Crippen LogP contribution is -2.40. The van der Waals surface area contributed by atoms with Gasteiger partial charge in [-0.3, -0.25) is 9.36 Å². The van der Waals surface area contributed by atoms with E-state index in [1.54, 1.807) is 50.3 Å². The lowest BCUT2D eigenvalue weighted by Gasteiger charge is -2.25. The number of thiazole rings is 1. The van der Waals surface area contributed by atoms with Gasteiger partial charge in [-0.25, -0.2) is 14.6 Å². The van der Waals surface area contributed by atoms with Gasteiger partial charge < -0.3 is 19.3 Å². The smallest absolute Gasteiger partial charge is 0.341 e. The average molecular weight is 577 g/mol. The number of hydrogen-bond acceptors (Lipinski definition) is 8. The predicted molar refractivity (Wildman–Crippen MR) is 143 cm³/mol. The zero-order chi connectivity index (χ0) is 27.6. The van der Waals surface area contributed by atoms with Crippen LogP contribution in [0.2, 0.25) is 10.0 Å². The topological polar surface area (TPSA) is 116 Å². The first-order valence-corrected chi connectivity index (χ1v) is 12.9. The molecule has 0 fully saturated rings. The summed E-state index contributed by atoms with van der Waals surface area (Å²) in [6, 6.07) is 9.23.